The smallest absolute Gasteiger partial charge is 0.0963 e. The van der Waals surface area contributed by atoms with Crippen molar-refractivity contribution in [3.05, 3.63) is 540 Å². The van der Waals surface area contributed by atoms with E-state index in [1.54, 1.807) is 0 Å². The zero-order valence-electron chi connectivity index (χ0n) is 78.4. The predicted molar refractivity (Wildman–Crippen MR) is 602 cm³/mol. The number of hydrogen-bond donors (Lipinski definition) is 0. The van der Waals surface area contributed by atoms with Crippen molar-refractivity contribution < 1.29 is 0 Å². The van der Waals surface area contributed by atoms with Crippen LogP contribution in [0.2, 0.25) is 0 Å². The highest BCUT2D eigenvalue weighted by atomic mass is 15.0. The lowest BCUT2D eigenvalue weighted by atomic mass is 10.0. The van der Waals surface area contributed by atoms with Gasteiger partial charge < -0.3 is 27.4 Å². The van der Waals surface area contributed by atoms with Gasteiger partial charge in [-0.3, -0.25) is 15.0 Å². The Bertz CT molecular complexity index is 9970. The molecule has 0 atom stereocenters. The molecule has 9 heterocycles. The number of nitrogens with zero attached hydrogens (tertiary/aromatic N) is 9. The van der Waals surface area contributed by atoms with Crippen LogP contribution in [0.15, 0.2) is 540 Å². The van der Waals surface area contributed by atoms with Crippen molar-refractivity contribution in [2.45, 2.75) is 0 Å². The number of aromatic nitrogens is 9. The largest absolute Gasteiger partial charge is 0.309 e. The minimum Gasteiger partial charge on any atom is -0.309 e. The summed E-state index contributed by atoms with van der Waals surface area (Å²) in [6.07, 6.45) is 5.68. The second-order valence-corrected chi connectivity index (χ2v) is 37.0. The van der Waals surface area contributed by atoms with Gasteiger partial charge in [0.2, 0.25) is 0 Å². The maximum atomic E-state index is 4.91. The van der Waals surface area contributed by atoms with Gasteiger partial charge in [-0.2, -0.15) is 0 Å². The van der Waals surface area contributed by atoms with Gasteiger partial charge in [0, 0.05) is 101 Å². The van der Waals surface area contributed by atoms with Crippen molar-refractivity contribution in [1.29, 1.82) is 0 Å². The SMILES string of the molecule is c1ccc(-c2ccc(-n3c4ccccc4c4ccc(-c5ccc6c(c5)c5ncccc5n6-c5ccc(-c6ccccc6)cc5)cc43)cc2)cc1.c1ccc(-c2ccc(-n3c4ccccc4c4ccc(-c5ccc6c(c5)c5ncccc5n6-c5cccc(-c6ccccc6)c5)cc43)cc2)cc1.c1ccc(-c2cccc(-n3c4ccc(-c5ccc6c7ccccc7n(-c7ccccc7)c6c5)cc4c4ncccc43)c2)cc1. The molecule has 20 aromatic carbocycles. The Morgan fingerprint density at radius 3 is 0.611 bits per heavy atom. The Balaban J connectivity index is 0.000000108. The Morgan fingerprint density at radius 2 is 0.299 bits per heavy atom. The molecule has 0 aliphatic heterocycles. The Labute approximate surface area is 831 Å². The molecule has 0 amide bonds. The van der Waals surface area contributed by atoms with E-state index in [4.69, 9.17) is 15.0 Å². The maximum absolute atomic E-state index is 4.91. The van der Waals surface area contributed by atoms with E-state index in [1.807, 2.05) is 36.8 Å². The maximum Gasteiger partial charge on any atom is 0.0963 e. The van der Waals surface area contributed by atoms with Gasteiger partial charge >= 0.3 is 0 Å². The van der Waals surface area contributed by atoms with Gasteiger partial charge in [0.1, 0.15) is 0 Å². The summed E-state index contributed by atoms with van der Waals surface area (Å²) >= 11 is 0. The minimum atomic E-state index is 1.00. The van der Waals surface area contributed by atoms with E-state index in [0.29, 0.717) is 0 Å². The van der Waals surface area contributed by atoms with Crippen LogP contribution in [0, 0.1) is 0 Å². The van der Waals surface area contributed by atoms with E-state index >= 15 is 0 Å². The van der Waals surface area contributed by atoms with Crippen molar-refractivity contribution in [3.63, 3.8) is 0 Å². The molecular weight excluding hydrogens is 1750 g/mol. The topological polar surface area (TPSA) is 68.2 Å². The third kappa shape index (κ3) is 14.8. The molecule has 0 saturated carbocycles. The van der Waals surface area contributed by atoms with Crippen LogP contribution >= 0.6 is 0 Å². The van der Waals surface area contributed by atoms with Crippen molar-refractivity contribution >= 4 is 131 Å². The van der Waals surface area contributed by atoms with Crippen molar-refractivity contribution in [2.24, 2.45) is 0 Å². The molecule has 0 unspecified atom stereocenters. The van der Waals surface area contributed by atoms with E-state index in [9.17, 15) is 0 Å². The van der Waals surface area contributed by atoms with Gasteiger partial charge in [-0.15, -0.1) is 0 Å². The zero-order valence-corrected chi connectivity index (χ0v) is 78.4. The summed E-state index contributed by atoms with van der Waals surface area (Å²) < 4.78 is 14.2. The van der Waals surface area contributed by atoms with E-state index in [1.165, 1.54) is 154 Å². The average molecular weight is 1840 g/mol. The molecule has 0 aliphatic rings. The Hall–Kier alpha value is -19.4. The lowest BCUT2D eigenvalue weighted by Crippen LogP contribution is -1.94. The molecule has 9 heteroatoms. The average Bonchev–Trinajstić information content (AvgIpc) is 1.59. The van der Waals surface area contributed by atoms with E-state index < -0.39 is 0 Å². The second kappa shape index (κ2) is 35.6. The van der Waals surface area contributed by atoms with Crippen molar-refractivity contribution in [2.75, 3.05) is 0 Å². The summed E-state index contributed by atoms with van der Waals surface area (Å²) in [6.45, 7) is 0. The molecule has 0 aliphatic carbocycles. The van der Waals surface area contributed by atoms with Crippen LogP contribution in [0.3, 0.4) is 0 Å². The molecule has 0 bridgehead atoms. The standard InChI is InChI=1S/2C47H31N3.C41H27N3/c1-3-11-32(12-4-1)34-20-24-38(25-21-34)49-43-18-8-7-17-40(43)41-26-22-37(31-46(41)49)36-23-27-44-42(30-36)47-45(19-10-28-48-47)50(44)39-16-9-15-35(29-39)33-13-5-2-6-14-33;1-3-10-32(11-4-1)34-17-23-38(24-18-34)49-44-28-22-36(30-42(44)47-45(49)16-9-29-48-47)37-21-27-41-40-14-7-8-15-43(40)50(46(41)31-37)39-25-19-35(20-26-39)33-12-5-2-6-13-33;1-3-11-28(12-4-1)29-13-9-16-33(25-29)44-38-23-21-30(26-36(38)41-39(44)19-10-24-42-41)31-20-22-35-34-17-7-8-18-37(34)43(40(35)27-31)32-14-5-2-6-15-32/h2*1-31H;1-27H. The first-order chi connectivity index (χ1) is 71.4. The molecule has 0 N–H and O–H groups in total. The van der Waals surface area contributed by atoms with Gasteiger partial charge in [-0.25, -0.2) is 0 Å². The van der Waals surface area contributed by atoms with Gasteiger partial charge in [0.15, 0.2) is 0 Å². The molecular formula is C135H89N9. The van der Waals surface area contributed by atoms with Gasteiger partial charge in [0.25, 0.3) is 0 Å². The molecule has 674 valence electrons. The van der Waals surface area contributed by atoms with Crippen LogP contribution in [0.4, 0.5) is 0 Å². The number of para-hydroxylation sites is 4. The number of pyridine rings is 3. The number of benzene rings is 20. The van der Waals surface area contributed by atoms with Crippen LogP contribution in [0.25, 0.3) is 254 Å². The monoisotopic (exact) mass is 1840 g/mol. The third-order valence-corrected chi connectivity index (χ3v) is 28.7. The number of hydrogen-bond acceptors (Lipinski definition) is 3. The fourth-order valence-electron chi connectivity index (χ4n) is 22.0. The molecule has 0 fully saturated rings. The summed E-state index contributed by atoms with van der Waals surface area (Å²) in [5, 5.41) is 10.9. The summed E-state index contributed by atoms with van der Waals surface area (Å²) in [6, 6.07) is 187. The van der Waals surface area contributed by atoms with Gasteiger partial charge in [0.05, 0.1) is 82.8 Å². The normalized spacial score (nSPS) is 11.6. The van der Waals surface area contributed by atoms with E-state index in [2.05, 4.69) is 531 Å². The lowest BCUT2D eigenvalue weighted by Gasteiger charge is -2.11. The highest BCUT2D eigenvalue weighted by Gasteiger charge is 2.24. The highest BCUT2D eigenvalue weighted by Crippen LogP contribution is 2.45. The first kappa shape index (κ1) is 84.0. The van der Waals surface area contributed by atoms with Crippen LogP contribution in [-0.2, 0) is 0 Å². The van der Waals surface area contributed by atoms with Crippen LogP contribution in [0.1, 0.15) is 0 Å². The summed E-state index contributed by atoms with van der Waals surface area (Å²) in [5.74, 6) is 0. The summed E-state index contributed by atoms with van der Waals surface area (Å²) in [7, 11) is 0. The molecule has 0 radical (unpaired) electrons. The number of rotatable bonds is 14. The molecule has 29 aromatic rings. The van der Waals surface area contributed by atoms with Crippen molar-refractivity contribution in [3.8, 4) is 123 Å². The Kier molecular flexibility index (Phi) is 20.7. The number of fused-ring (bicyclic) bond motifs is 18. The lowest BCUT2D eigenvalue weighted by molar-refractivity contribution is 1.18. The summed E-state index contributed by atoms with van der Waals surface area (Å²) in [4.78, 5) is 14.7. The van der Waals surface area contributed by atoms with Crippen molar-refractivity contribution in [1.82, 2.24) is 42.4 Å². The predicted octanol–water partition coefficient (Wildman–Crippen LogP) is 35.2. The molecule has 29 rings (SSSR count). The van der Waals surface area contributed by atoms with Crippen LogP contribution in [-0.4, -0.2) is 42.4 Å². The molecule has 9 nitrogen and oxygen atoms in total. The van der Waals surface area contributed by atoms with E-state index in [0.717, 1.165) is 99.9 Å². The molecule has 0 spiro atoms. The molecule has 9 aromatic heterocycles. The van der Waals surface area contributed by atoms with Gasteiger partial charge in [-0.1, -0.05) is 340 Å². The molecule has 144 heavy (non-hydrogen) atoms. The van der Waals surface area contributed by atoms with Crippen LogP contribution in [0.5, 0.6) is 0 Å². The fraction of sp³-hybridized carbons (Fsp3) is 0. The van der Waals surface area contributed by atoms with Crippen LogP contribution < -0.4 is 0 Å². The first-order valence-electron chi connectivity index (χ1n) is 49.1. The molecule has 0 saturated heterocycles. The van der Waals surface area contributed by atoms with Gasteiger partial charge in [-0.05, 0) is 271 Å². The van der Waals surface area contributed by atoms with E-state index in [-0.39, 0.29) is 0 Å². The minimum absolute atomic E-state index is 1.00. The summed E-state index contributed by atoms with van der Waals surface area (Å²) in [5.41, 5.74) is 42.9. The highest BCUT2D eigenvalue weighted by molar-refractivity contribution is 6.16. The third-order valence-electron chi connectivity index (χ3n) is 28.7. The quantitative estimate of drug-likeness (QED) is 0.109. The fourth-order valence-corrected chi connectivity index (χ4v) is 22.0. The Morgan fingerprint density at radius 1 is 0.104 bits per heavy atom. The second-order valence-electron chi connectivity index (χ2n) is 37.0. The zero-order chi connectivity index (χ0) is 95.1. The first-order valence-corrected chi connectivity index (χ1v) is 49.1.